The van der Waals surface area contributed by atoms with Crippen molar-refractivity contribution in [3.63, 3.8) is 0 Å². The minimum absolute atomic E-state index is 0.129. The van der Waals surface area contributed by atoms with Crippen LogP contribution in [0, 0.1) is 0 Å². The molecule has 1 saturated heterocycles. The van der Waals surface area contributed by atoms with Crippen LogP contribution in [-0.4, -0.2) is 30.7 Å². The number of nitrogens with zero attached hydrogens (tertiary/aromatic N) is 1. The van der Waals surface area contributed by atoms with Gasteiger partial charge in [-0.1, -0.05) is 60.7 Å². The van der Waals surface area contributed by atoms with Gasteiger partial charge in [0.15, 0.2) is 0 Å². The van der Waals surface area contributed by atoms with E-state index in [0.29, 0.717) is 0 Å². The van der Waals surface area contributed by atoms with E-state index >= 15 is 0 Å². The van der Waals surface area contributed by atoms with Crippen molar-refractivity contribution in [1.29, 1.82) is 0 Å². The molecule has 0 aliphatic carbocycles. The van der Waals surface area contributed by atoms with Gasteiger partial charge < -0.3 is 4.74 Å². The van der Waals surface area contributed by atoms with Crippen LogP contribution in [0.4, 0.5) is 0 Å². The molecule has 0 bridgehead atoms. The van der Waals surface area contributed by atoms with Gasteiger partial charge in [0.2, 0.25) is 0 Å². The Kier molecular flexibility index (Phi) is 4.96. The number of thiol groups is 1. The van der Waals surface area contributed by atoms with E-state index in [1.807, 2.05) is 6.07 Å². The van der Waals surface area contributed by atoms with Gasteiger partial charge in [-0.25, -0.2) is 0 Å². The predicted octanol–water partition coefficient (Wildman–Crippen LogP) is 3.56. The molecule has 0 radical (unpaired) electrons. The second-order valence-electron chi connectivity index (χ2n) is 5.49. The molecule has 3 rings (SSSR count). The molecule has 2 aromatic rings. The first-order valence-corrected chi connectivity index (χ1v) is 7.95. The Bertz CT molecular complexity index is 546. The first-order valence-electron chi connectivity index (χ1n) is 7.44. The molecule has 1 aliphatic rings. The van der Waals surface area contributed by atoms with E-state index in [4.69, 9.17) is 17.4 Å². The van der Waals surface area contributed by atoms with Gasteiger partial charge in [0.25, 0.3) is 0 Å². The van der Waals surface area contributed by atoms with Crippen molar-refractivity contribution < 1.29 is 4.74 Å². The molecule has 21 heavy (non-hydrogen) atoms. The van der Waals surface area contributed by atoms with Crippen LogP contribution in [0.5, 0.6) is 0 Å². The largest absolute Gasteiger partial charge is 0.374 e. The van der Waals surface area contributed by atoms with Gasteiger partial charge in [0, 0.05) is 19.6 Å². The highest BCUT2D eigenvalue weighted by Gasteiger charge is 2.26. The molecule has 1 aliphatic heterocycles. The molecule has 1 unspecified atom stereocenters. The highest BCUT2D eigenvalue weighted by Crippen LogP contribution is 2.28. The van der Waals surface area contributed by atoms with Crippen LogP contribution in [0.3, 0.4) is 0 Å². The molecule has 1 heterocycles. The Morgan fingerprint density at radius 1 is 1.05 bits per heavy atom. The van der Waals surface area contributed by atoms with Gasteiger partial charge in [0.1, 0.15) is 0 Å². The lowest BCUT2D eigenvalue weighted by Gasteiger charge is -2.35. The SMILES string of the molecule is SC(c1ccccc1)[C@H]1CN(Cc2ccccc2)CCO1. The summed E-state index contributed by atoms with van der Waals surface area (Å²) in [6, 6.07) is 21.0. The summed E-state index contributed by atoms with van der Waals surface area (Å²) in [5, 5.41) is 0.129. The van der Waals surface area contributed by atoms with Crippen LogP contribution in [0.1, 0.15) is 16.4 Å². The fourth-order valence-electron chi connectivity index (χ4n) is 2.77. The summed E-state index contributed by atoms with van der Waals surface area (Å²) in [5.74, 6) is 0. The van der Waals surface area contributed by atoms with Crippen LogP contribution >= 0.6 is 12.6 Å². The molecule has 1 fully saturated rings. The summed E-state index contributed by atoms with van der Waals surface area (Å²) in [6.45, 7) is 3.68. The molecule has 0 spiro atoms. The third kappa shape index (κ3) is 3.88. The zero-order valence-corrected chi connectivity index (χ0v) is 13.0. The molecule has 2 aromatic carbocycles. The first kappa shape index (κ1) is 14.6. The minimum Gasteiger partial charge on any atom is -0.374 e. The third-order valence-electron chi connectivity index (χ3n) is 3.92. The smallest absolute Gasteiger partial charge is 0.0859 e. The van der Waals surface area contributed by atoms with Crippen molar-refractivity contribution in [2.75, 3.05) is 19.7 Å². The lowest BCUT2D eigenvalue weighted by atomic mass is 10.1. The fourth-order valence-corrected chi connectivity index (χ4v) is 3.13. The molecule has 0 N–H and O–H groups in total. The Hall–Kier alpha value is -1.29. The Balaban J connectivity index is 1.63. The number of hydrogen-bond donors (Lipinski definition) is 1. The van der Waals surface area contributed by atoms with Crippen LogP contribution in [0.2, 0.25) is 0 Å². The van der Waals surface area contributed by atoms with Crippen LogP contribution in [0.15, 0.2) is 60.7 Å². The second kappa shape index (κ2) is 7.12. The van der Waals surface area contributed by atoms with Crippen LogP contribution in [0.25, 0.3) is 0 Å². The number of rotatable bonds is 4. The molecule has 3 heteroatoms. The quantitative estimate of drug-likeness (QED) is 0.867. The van der Waals surface area contributed by atoms with Crippen molar-refractivity contribution in [3.05, 3.63) is 71.8 Å². The summed E-state index contributed by atoms with van der Waals surface area (Å²) in [4.78, 5) is 2.45. The summed E-state index contributed by atoms with van der Waals surface area (Å²) in [6.07, 6.45) is 0.146. The van der Waals surface area contributed by atoms with E-state index in [2.05, 4.69) is 59.5 Å². The van der Waals surface area contributed by atoms with E-state index in [9.17, 15) is 0 Å². The molecule has 2 nitrogen and oxygen atoms in total. The average molecular weight is 299 g/mol. The standard InChI is InChI=1S/C18H21NOS/c21-18(16-9-5-2-6-10-16)17-14-19(11-12-20-17)13-15-7-3-1-4-8-15/h1-10,17-18,21H,11-14H2/t17-,18?/m1/s1. The number of benzene rings is 2. The van der Waals surface area contributed by atoms with Gasteiger partial charge in [0.05, 0.1) is 18.0 Å². The van der Waals surface area contributed by atoms with Crippen molar-refractivity contribution in [1.82, 2.24) is 4.90 Å². The number of morpholine rings is 1. The molecular weight excluding hydrogens is 278 g/mol. The second-order valence-corrected chi connectivity index (χ2v) is 6.04. The Labute approximate surface area is 132 Å². The van der Waals surface area contributed by atoms with E-state index < -0.39 is 0 Å². The Morgan fingerprint density at radius 2 is 1.71 bits per heavy atom. The van der Waals surface area contributed by atoms with Gasteiger partial charge in [-0.3, -0.25) is 4.90 Å². The maximum atomic E-state index is 5.94. The van der Waals surface area contributed by atoms with Crippen molar-refractivity contribution >= 4 is 12.6 Å². The van der Waals surface area contributed by atoms with Gasteiger partial charge in [-0.2, -0.15) is 12.6 Å². The van der Waals surface area contributed by atoms with E-state index in [1.54, 1.807) is 0 Å². The zero-order valence-electron chi connectivity index (χ0n) is 12.1. The summed E-state index contributed by atoms with van der Waals surface area (Å²) < 4.78 is 5.94. The normalized spacial score (nSPS) is 21.1. The van der Waals surface area contributed by atoms with Crippen molar-refractivity contribution in [3.8, 4) is 0 Å². The van der Waals surface area contributed by atoms with Crippen LogP contribution in [-0.2, 0) is 11.3 Å². The fraction of sp³-hybridized carbons (Fsp3) is 0.333. The van der Waals surface area contributed by atoms with E-state index in [-0.39, 0.29) is 11.4 Å². The average Bonchev–Trinajstić information content (AvgIpc) is 2.56. The van der Waals surface area contributed by atoms with Gasteiger partial charge in [-0.15, -0.1) is 0 Å². The number of ether oxygens (including phenoxy) is 1. The van der Waals surface area contributed by atoms with Crippen LogP contribution < -0.4 is 0 Å². The topological polar surface area (TPSA) is 12.5 Å². The molecule has 110 valence electrons. The van der Waals surface area contributed by atoms with Crippen molar-refractivity contribution in [2.24, 2.45) is 0 Å². The summed E-state index contributed by atoms with van der Waals surface area (Å²) in [7, 11) is 0. The summed E-state index contributed by atoms with van der Waals surface area (Å²) in [5.41, 5.74) is 2.58. The van der Waals surface area contributed by atoms with E-state index in [0.717, 1.165) is 26.2 Å². The molecule has 0 amide bonds. The third-order valence-corrected chi connectivity index (χ3v) is 4.55. The molecule has 0 aromatic heterocycles. The van der Waals surface area contributed by atoms with E-state index in [1.165, 1.54) is 11.1 Å². The number of hydrogen-bond acceptors (Lipinski definition) is 3. The lowest BCUT2D eigenvalue weighted by molar-refractivity contribution is -0.0317. The highest BCUT2D eigenvalue weighted by molar-refractivity contribution is 7.80. The van der Waals surface area contributed by atoms with Gasteiger partial charge in [-0.05, 0) is 11.1 Å². The zero-order chi connectivity index (χ0) is 14.5. The maximum Gasteiger partial charge on any atom is 0.0859 e. The first-order chi connectivity index (χ1) is 10.3. The minimum atomic E-state index is 0.129. The Morgan fingerprint density at radius 3 is 2.43 bits per heavy atom. The summed E-state index contributed by atoms with van der Waals surface area (Å²) >= 11 is 4.78. The molecule has 0 saturated carbocycles. The maximum absolute atomic E-state index is 5.94. The highest BCUT2D eigenvalue weighted by atomic mass is 32.1. The lowest BCUT2D eigenvalue weighted by Crippen LogP contribution is -2.43. The van der Waals surface area contributed by atoms with Crippen molar-refractivity contribution in [2.45, 2.75) is 17.9 Å². The van der Waals surface area contributed by atoms with Gasteiger partial charge >= 0.3 is 0 Å². The molecular formula is C18H21NOS. The predicted molar refractivity (Wildman–Crippen MR) is 89.6 cm³/mol. The monoisotopic (exact) mass is 299 g/mol. The molecule has 2 atom stereocenters.